The first kappa shape index (κ1) is 18.3. The summed E-state index contributed by atoms with van der Waals surface area (Å²) in [6, 6.07) is 5.62. The Morgan fingerprint density at radius 1 is 1.17 bits per heavy atom. The second-order valence-electron chi connectivity index (χ2n) is 5.37. The second kappa shape index (κ2) is 8.68. The van der Waals surface area contributed by atoms with Crippen LogP contribution in [0.1, 0.15) is 39.2 Å². The highest BCUT2D eigenvalue weighted by Gasteiger charge is 2.29. The van der Waals surface area contributed by atoms with Crippen molar-refractivity contribution in [3.05, 3.63) is 29.5 Å². The average molecular weight is 348 g/mol. The molecular weight excluding hydrogens is 324 g/mol. The van der Waals surface area contributed by atoms with Gasteiger partial charge in [-0.15, -0.1) is 0 Å². The molecule has 1 aliphatic heterocycles. The Morgan fingerprint density at radius 3 is 2.54 bits per heavy atom. The molecule has 1 aromatic carbocycles. The normalized spacial score (nSPS) is 15.8. The van der Waals surface area contributed by atoms with E-state index < -0.39 is 0 Å². The lowest BCUT2D eigenvalue weighted by molar-refractivity contribution is -0.122. The Hall–Kier alpha value is -2.08. The molecule has 0 aromatic heterocycles. The van der Waals surface area contributed by atoms with Gasteiger partial charge in [-0.2, -0.15) is 0 Å². The van der Waals surface area contributed by atoms with Gasteiger partial charge in [0.15, 0.2) is 16.6 Å². The van der Waals surface area contributed by atoms with Crippen LogP contribution in [0.2, 0.25) is 0 Å². The Labute approximate surface area is 148 Å². The number of nitrogens with zero attached hydrogens (tertiary/aromatic N) is 1. The van der Waals surface area contributed by atoms with Crippen molar-refractivity contribution in [3.63, 3.8) is 0 Å². The fraction of sp³-hybridized carbons (Fsp3) is 0.444. The van der Waals surface area contributed by atoms with Gasteiger partial charge in [-0.05, 0) is 56.3 Å². The molecule has 0 aliphatic carbocycles. The van der Waals surface area contributed by atoms with Crippen LogP contribution >= 0.6 is 12.2 Å². The van der Waals surface area contributed by atoms with E-state index in [-0.39, 0.29) is 5.91 Å². The molecule has 5 nitrogen and oxygen atoms in total. The summed E-state index contributed by atoms with van der Waals surface area (Å²) in [6.07, 6.45) is 3.74. The van der Waals surface area contributed by atoms with Crippen LogP contribution in [0.5, 0.6) is 11.5 Å². The lowest BCUT2D eigenvalue weighted by Gasteiger charge is -2.12. The molecule has 6 heteroatoms. The number of rotatable bonds is 8. The van der Waals surface area contributed by atoms with Crippen molar-refractivity contribution in [2.24, 2.45) is 0 Å². The van der Waals surface area contributed by atoms with Crippen molar-refractivity contribution in [2.45, 2.75) is 33.6 Å². The monoisotopic (exact) mass is 348 g/mol. The van der Waals surface area contributed by atoms with Gasteiger partial charge in [0, 0.05) is 6.54 Å². The van der Waals surface area contributed by atoms with E-state index >= 15 is 0 Å². The average Bonchev–Trinajstić information content (AvgIpc) is 2.82. The molecule has 0 bridgehead atoms. The topological polar surface area (TPSA) is 50.8 Å². The minimum atomic E-state index is -0.0831. The molecular formula is C18H24N2O3S. The molecule has 0 saturated carbocycles. The van der Waals surface area contributed by atoms with Crippen LogP contribution in [-0.4, -0.2) is 35.7 Å². The molecule has 1 heterocycles. The van der Waals surface area contributed by atoms with Crippen LogP contribution in [0, 0.1) is 0 Å². The van der Waals surface area contributed by atoms with Crippen molar-refractivity contribution in [1.29, 1.82) is 0 Å². The van der Waals surface area contributed by atoms with Crippen molar-refractivity contribution in [2.75, 3.05) is 19.8 Å². The highest BCUT2D eigenvalue weighted by atomic mass is 32.1. The fourth-order valence-corrected chi connectivity index (χ4v) is 2.70. The molecule has 1 N–H and O–H groups in total. The zero-order valence-corrected chi connectivity index (χ0v) is 15.2. The zero-order valence-electron chi connectivity index (χ0n) is 14.4. The number of hydrogen-bond acceptors (Lipinski definition) is 4. The SMILES string of the molecule is CCCCN1C(=O)C(=Cc2ccc(OCC)c(OCC)c2)NC1=S. The van der Waals surface area contributed by atoms with Crippen LogP contribution in [0.15, 0.2) is 23.9 Å². The molecule has 2 rings (SSSR count). The Balaban J connectivity index is 2.23. The Kier molecular flexibility index (Phi) is 6.61. The molecule has 1 amide bonds. The third-order valence-corrected chi connectivity index (χ3v) is 3.90. The first-order valence-electron chi connectivity index (χ1n) is 8.34. The van der Waals surface area contributed by atoms with Gasteiger partial charge in [0.2, 0.25) is 0 Å². The summed E-state index contributed by atoms with van der Waals surface area (Å²) in [5, 5.41) is 3.47. The van der Waals surface area contributed by atoms with Gasteiger partial charge in [-0.25, -0.2) is 0 Å². The van der Waals surface area contributed by atoms with E-state index in [0.717, 1.165) is 18.4 Å². The molecule has 0 unspecified atom stereocenters. The number of carbonyl (C=O) groups is 1. The first-order valence-corrected chi connectivity index (χ1v) is 8.75. The van der Waals surface area contributed by atoms with Gasteiger partial charge in [0.05, 0.1) is 13.2 Å². The van der Waals surface area contributed by atoms with E-state index in [1.807, 2.05) is 32.0 Å². The highest BCUT2D eigenvalue weighted by molar-refractivity contribution is 7.80. The molecule has 0 atom stereocenters. The standard InChI is InChI=1S/C18H24N2O3S/c1-4-7-10-20-17(21)14(19-18(20)24)11-13-8-9-15(22-5-2)16(12-13)23-6-3/h8-9,11-12H,4-7,10H2,1-3H3,(H,19,24). The van der Waals surface area contributed by atoms with Crippen LogP contribution in [-0.2, 0) is 4.79 Å². The molecule has 1 aromatic rings. The van der Waals surface area contributed by atoms with Crippen molar-refractivity contribution < 1.29 is 14.3 Å². The van der Waals surface area contributed by atoms with Crippen LogP contribution < -0.4 is 14.8 Å². The number of nitrogens with one attached hydrogen (secondary N) is 1. The van der Waals surface area contributed by atoms with Gasteiger partial charge >= 0.3 is 0 Å². The first-order chi connectivity index (χ1) is 11.6. The van der Waals surface area contributed by atoms with Crippen molar-refractivity contribution in [3.8, 4) is 11.5 Å². The van der Waals surface area contributed by atoms with E-state index in [9.17, 15) is 4.79 Å². The van der Waals surface area contributed by atoms with E-state index in [1.165, 1.54) is 0 Å². The third kappa shape index (κ3) is 4.26. The molecule has 0 radical (unpaired) electrons. The van der Waals surface area contributed by atoms with E-state index in [0.29, 0.717) is 42.1 Å². The minimum absolute atomic E-state index is 0.0831. The number of benzene rings is 1. The van der Waals surface area contributed by atoms with Gasteiger partial charge in [-0.1, -0.05) is 19.4 Å². The molecule has 1 fully saturated rings. The van der Waals surface area contributed by atoms with E-state index in [1.54, 1.807) is 11.0 Å². The summed E-state index contributed by atoms with van der Waals surface area (Å²) in [5.74, 6) is 1.29. The number of thiocarbonyl (C=S) groups is 1. The predicted molar refractivity (Wildman–Crippen MR) is 99.1 cm³/mol. The number of amides is 1. The smallest absolute Gasteiger partial charge is 0.276 e. The maximum atomic E-state index is 12.5. The maximum absolute atomic E-state index is 12.5. The van der Waals surface area contributed by atoms with E-state index in [4.69, 9.17) is 21.7 Å². The molecule has 24 heavy (non-hydrogen) atoms. The summed E-state index contributed by atoms with van der Waals surface area (Å²) in [6.45, 7) is 7.70. The van der Waals surface area contributed by atoms with Gasteiger partial charge < -0.3 is 14.8 Å². The summed E-state index contributed by atoms with van der Waals surface area (Å²) >= 11 is 5.26. The van der Waals surface area contributed by atoms with Gasteiger partial charge in [0.25, 0.3) is 5.91 Å². The fourth-order valence-electron chi connectivity index (χ4n) is 2.42. The number of hydrogen-bond donors (Lipinski definition) is 1. The van der Waals surface area contributed by atoms with Crippen molar-refractivity contribution in [1.82, 2.24) is 10.2 Å². The van der Waals surface area contributed by atoms with Crippen LogP contribution in [0.3, 0.4) is 0 Å². The second-order valence-corrected chi connectivity index (χ2v) is 5.76. The molecule has 0 spiro atoms. The number of unbranched alkanes of at least 4 members (excludes halogenated alkanes) is 1. The largest absolute Gasteiger partial charge is 0.490 e. The molecule has 1 aliphatic rings. The van der Waals surface area contributed by atoms with Crippen molar-refractivity contribution >= 4 is 29.3 Å². The van der Waals surface area contributed by atoms with Gasteiger partial charge in [0.1, 0.15) is 5.70 Å². The lowest BCUT2D eigenvalue weighted by Crippen LogP contribution is -2.31. The Morgan fingerprint density at radius 2 is 1.88 bits per heavy atom. The summed E-state index contributed by atoms with van der Waals surface area (Å²) in [5.41, 5.74) is 1.35. The number of ether oxygens (including phenoxy) is 2. The van der Waals surface area contributed by atoms with E-state index in [2.05, 4.69) is 12.2 Å². The summed E-state index contributed by atoms with van der Waals surface area (Å²) in [4.78, 5) is 14.1. The maximum Gasteiger partial charge on any atom is 0.276 e. The zero-order chi connectivity index (χ0) is 17.5. The Bertz CT molecular complexity index is 643. The molecule has 130 valence electrons. The summed E-state index contributed by atoms with van der Waals surface area (Å²) < 4.78 is 11.2. The lowest BCUT2D eigenvalue weighted by atomic mass is 10.1. The minimum Gasteiger partial charge on any atom is -0.490 e. The highest BCUT2D eigenvalue weighted by Crippen LogP contribution is 2.29. The quantitative estimate of drug-likeness (QED) is 0.577. The van der Waals surface area contributed by atoms with Gasteiger partial charge in [-0.3, -0.25) is 9.69 Å². The van der Waals surface area contributed by atoms with Crippen LogP contribution in [0.4, 0.5) is 0 Å². The predicted octanol–water partition coefficient (Wildman–Crippen LogP) is 3.34. The van der Waals surface area contributed by atoms with Crippen LogP contribution in [0.25, 0.3) is 6.08 Å². The summed E-state index contributed by atoms with van der Waals surface area (Å²) in [7, 11) is 0. The molecule has 1 saturated heterocycles. The third-order valence-electron chi connectivity index (χ3n) is 3.58. The number of carbonyl (C=O) groups excluding carboxylic acids is 1.